The predicted molar refractivity (Wildman–Crippen MR) is 103 cm³/mol. The number of rotatable bonds is 6. The van der Waals surface area contributed by atoms with E-state index in [0.717, 1.165) is 5.56 Å². The van der Waals surface area contributed by atoms with Crippen molar-refractivity contribution in [3.63, 3.8) is 0 Å². The molecule has 4 atom stereocenters. The first-order valence-electron chi connectivity index (χ1n) is 9.24. The number of nitrogens with one attached hydrogen (secondary N) is 1. The first-order chi connectivity index (χ1) is 13.9. The number of hydrogen-bond donors (Lipinski definition) is 3. The number of carboxylic acid groups (broad SMARTS) is 1. The van der Waals surface area contributed by atoms with E-state index in [9.17, 15) is 18.3 Å². The van der Waals surface area contributed by atoms with Crippen LogP contribution in [-0.4, -0.2) is 49.5 Å². The van der Waals surface area contributed by atoms with Crippen LogP contribution in [0.25, 0.3) is 0 Å². The molecule has 154 valence electrons. The highest BCUT2D eigenvalue weighted by atomic mass is 32.2. The highest BCUT2D eigenvalue weighted by Gasteiger charge is 2.46. The Morgan fingerprint density at radius 2 is 1.93 bits per heavy atom. The minimum absolute atomic E-state index is 0.155. The van der Waals surface area contributed by atoms with Crippen LogP contribution in [0, 0.1) is 0 Å². The van der Waals surface area contributed by atoms with Crippen LogP contribution in [0.5, 0.6) is 5.75 Å². The summed E-state index contributed by atoms with van der Waals surface area (Å²) >= 11 is 0. The third-order valence-electron chi connectivity index (χ3n) is 5.21. The molecule has 4 rings (SSSR count). The van der Waals surface area contributed by atoms with Gasteiger partial charge in [-0.05, 0) is 36.8 Å². The minimum atomic E-state index is -3.74. The molecule has 8 nitrogen and oxygen atoms in total. The van der Waals surface area contributed by atoms with Crippen LogP contribution in [0.4, 0.5) is 5.69 Å². The van der Waals surface area contributed by atoms with Crippen molar-refractivity contribution in [1.29, 1.82) is 0 Å². The van der Waals surface area contributed by atoms with Gasteiger partial charge in [-0.2, -0.15) is 0 Å². The zero-order valence-corrected chi connectivity index (χ0v) is 16.2. The fourth-order valence-electron chi connectivity index (χ4n) is 3.96. The predicted octanol–water partition coefficient (Wildman–Crippen LogP) is 1.96. The Bertz CT molecular complexity index is 1010. The van der Waals surface area contributed by atoms with Crippen molar-refractivity contribution in [1.82, 2.24) is 0 Å². The van der Waals surface area contributed by atoms with E-state index in [2.05, 4.69) is 4.72 Å². The topological polar surface area (TPSA) is 122 Å². The molecule has 2 aliphatic rings. The number of aliphatic hydroxyl groups excluding tert-OH is 1. The standard InChI is InChI=1S/C20H21NO7S/c22-11-18-20-16(9-13(27-18)10-19(23)24)15-8-12(6-7-17(15)28-20)21-29(25,26)14-4-2-1-3-5-14/h1-8,13,16,18,20-22H,9-11H2,(H,23,24)/t13-,16-,18-,20+/m1/s1. The molecule has 0 aromatic heterocycles. The summed E-state index contributed by atoms with van der Waals surface area (Å²) in [7, 11) is -3.74. The molecule has 1 saturated heterocycles. The second-order valence-electron chi connectivity index (χ2n) is 7.17. The number of aliphatic carboxylic acids is 1. The molecule has 9 heteroatoms. The average molecular weight is 419 g/mol. The lowest BCUT2D eigenvalue weighted by molar-refractivity contribution is -0.153. The summed E-state index contributed by atoms with van der Waals surface area (Å²) in [6.07, 6.45) is -1.40. The van der Waals surface area contributed by atoms with Gasteiger partial charge in [-0.15, -0.1) is 0 Å². The van der Waals surface area contributed by atoms with Crippen molar-refractivity contribution in [2.45, 2.75) is 42.0 Å². The molecule has 3 N–H and O–H groups in total. The lowest BCUT2D eigenvalue weighted by Crippen LogP contribution is -2.46. The van der Waals surface area contributed by atoms with Crippen molar-refractivity contribution in [2.75, 3.05) is 11.3 Å². The number of aliphatic hydroxyl groups is 1. The first kappa shape index (κ1) is 19.7. The van der Waals surface area contributed by atoms with Crippen LogP contribution in [0.2, 0.25) is 0 Å². The molecule has 0 unspecified atom stereocenters. The Balaban J connectivity index is 1.60. The Morgan fingerprint density at radius 1 is 1.17 bits per heavy atom. The Hall–Kier alpha value is -2.62. The first-order valence-corrected chi connectivity index (χ1v) is 10.7. The highest BCUT2D eigenvalue weighted by molar-refractivity contribution is 7.92. The third-order valence-corrected chi connectivity index (χ3v) is 6.60. The molecule has 2 aromatic rings. The van der Waals surface area contributed by atoms with Crippen LogP contribution in [0.3, 0.4) is 0 Å². The largest absolute Gasteiger partial charge is 0.487 e. The van der Waals surface area contributed by atoms with Crippen LogP contribution in [0.1, 0.15) is 24.3 Å². The smallest absolute Gasteiger partial charge is 0.305 e. The van der Waals surface area contributed by atoms with Crippen LogP contribution in [-0.2, 0) is 19.6 Å². The average Bonchev–Trinajstić information content (AvgIpc) is 3.05. The van der Waals surface area contributed by atoms with E-state index in [1.165, 1.54) is 12.1 Å². The van der Waals surface area contributed by atoms with Crippen molar-refractivity contribution in [3.05, 3.63) is 54.1 Å². The quantitative estimate of drug-likeness (QED) is 0.654. The van der Waals surface area contributed by atoms with Gasteiger partial charge in [-0.1, -0.05) is 18.2 Å². The van der Waals surface area contributed by atoms with Gasteiger partial charge in [0.25, 0.3) is 10.0 Å². The summed E-state index contributed by atoms with van der Waals surface area (Å²) < 4.78 is 39.4. The lowest BCUT2D eigenvalue weighted by atomic mass is 9.84. The van der Waals surface area contributed by atoms with Gasteiger partial charge in [0.05, 0.1) is 24.0 Å². The number of sulfonamides is 1. The summed E-state index contributed by atoms with van der Waals surface area (Å²) in [5.41, 5.74) is 1.17. The zero-order chi connectivity index (χ0) is 20.6. The van der Waals surface area contributed by atoms with Crippen LogP contribution < -0.4 is 9.46 Å². The number of carbonyl (C=O) groups is 1. The van der Waals surface area contributed by atoms with E-state index < -0.39 is 34.3 Å². The summed E-state index contributed by atoms with van der Waals surface area (Å²) in [5.74, 6) is -0.587. The van der Waals surface area contributed by atoms with Crippen molar-refractivity contribution >= 4 is 21.7 Å². The van der Waals surface area contributed by atoms with Gasteiger partial charge >= 0.3 is 5.97 Å². The third kappa shape index (κ3) is 3.93. The zero-order valence-electron chi connectivity index (χ0n) is 15.4. The second kappa shape index (κ2) is 7.66. The van der Waals surface area contributed by atoms with Gasteiger partial charge in [0.2, 0.25) is 0 Å². The summed E-state index contributed by atoms with van der Waals surface area (Å²) in [5, 5.41) is 18.7. The van der Waals surface area contributed by atoms with Crippen LogP contribution in [0.15, 0.2) is 53.4 Å². The van der Waals surface area contributed by atoms with E-state index in [4.69, 9.17) is 14.6 Å². The molecule has 0 amide bonds. The van der Waals surface area contributed by atoms with Crippen molar-refractivity contribution < 1.29 is 32.9 Å². The molecule has 0 aliphatic carbocycles. The SMILES string of the molecule is O=C(O)C[C@H]1C[C@@H]2c3cc(NS(=O)(=O)c4ccccc4)ccc3O[C@@H]2[C@@H](CO)O1. The van der Waals surface area contributed by atoms with Gasteiger partial charge in [0.15, 0.2) is 0 Å². The Kier molecular flexibility index (Phi) is 5.20. The van der Waals surface area contributed by atoms with Crippen molar-refractivity contribution in [3.8, 4) is 5.75 Å². The monoisotopic (exact) mass is 419 g/mol. The molecular formula is C20H21NO7S. The van der Waals surface area contributed by atoms with E-state index in [0.29, 0.717) is 17.9 Å². The molecule has 0 saturated carbocycles. The molecule has 2 aliphatic heterocycles. The molecule has 1 fully saturated rings. The molecule has 29 heavy (non-hydrogen) atoms. The summed E-state index contributed by atoms with van der Waals surface area (Å²) in [6.45, 7) is -0.293. The number of anilines is 1. The van der Waals surface area contributed by atoms with Gasteiger partial charge in [-0.3, -0.25) is 9.52 Å². The maximum Gasteiger partial charge on any atom is 0.305 e. The van der Waals surface area contributed by atoms with Gasteiger partial charge in [0.1, 0.15) is 18.0 Å². The number of fused-ring (bicyclic) bond motifs is 3. The van der Waals surface area contributed by atoms with E-state index in [1.54, 1.807) is 36.4 Å². The van der Waals surface area contributed by atoms with Gasteiger partial charge < -0.3 is 19.7 Å². The second-order valence-corrected chi connectivity index (χ2v) is 8.86. The van der Waals surface area contributed by atoms with E-state index in [-0.39, 0.29) is 23.8 Å². The minimum Gasteiger partial charge on any atom is -0.487 e. The maximum atomic E-state index is 12.6. The maximum absolute atomic E-state index is 12.6. The van der Waals surface area contributed by atoms with Crippen LogP contribution >= 0.6 is 0 Å². The fraction of sp³-hybridized carbons (Fsp3) is 0.350. The van der Waals surface area contributed by atoms with E-state index >= 15 is 0 Å². The number of ether oxygens (including phenoxy) is 2. The molecule has 2 heterocycles. The molecule has 2 aromatic carbocycles. The highest BCUT2D eigenvalue weighted by Crippen LogP contribution is 2.47. The van der Waals surface area contributed by atoms with Crippen molar-refractivity contribution in [2.24, 2.45) is 0 Å². The molecular weight excluding hydrogens is 398 g/mol. The number of hydrogen-bond acceptors (Lipinski definition) is 6. The van der Waals surface area contributed by atoms with Gasteiger partial charge in [0, 0.05) is 17.2 Å². The Labute approximate surface area is 168 Å². The summed E-state index contributed by atoms with van der Waals surface area (Å²) in [6, 6.07) is 13.0. The normalized spacial score (nSPS) is 25.6. The molecule has 0 bridgehead atoms. The summed E-state index contributed by atoms with van der Waals surface area (Å²) in [4.78, 5) is 11.3. The fourth-order valence-corrected chi connectivity index (χ4v) is 5.03. The van der Waals surface area contributed by atoms with E-state index in [1.807, 2.05) is 0 Å². The molecule has 0 radical (unpaired) electrons. The number of carboxylic acids is 1. The molecule has 0 spiro atoms. The lowest BCUT2D eigenvalue weighted by Gasteiger charge is -2.36. The van der Waals surface area contributed by atoms with Gasteiger partial charge in [-0.25, -0.2) is 8.42 Å². The number of benzene rings is 2. The Morgan fingerprint density at radius 3 is 2.62 bits per heavy atom.